The van der Waals surface area contributed by atoms with Crippen LogP contribution in [0.4, 0.5) is 18.9 Å². The Bertz CT molecular complexity index is 1370. The maximum Gasteiger partial charge on any atom is 0.411 e. The minimum atomic E-state index is -4.56. The van der Waals surface area contributed by atoms with E-state index in [4.69, 9.17) is 17.3 Å². The Hall–Kier alpha value is -3.64. The number of carbonyl (C=O) groups excluding carboxylic acids is 4. The first-order chi connectivity index (χ1) is 19.8. The van der Waals surface area contributed by atoms with Crippen molar-refractivity contribution in [2.45, 2.75) is 75.8 Å². The van der Waals surface area contributed by atoms with Crippen LogP contribution in [-0.4, -0.2) is 58.9 Å². The molecular weight excluding hydrogens is 575 g/mol. The molecule has 0 unspecified atom stereocenters. The van der Waals surface area contributed by atoms with Gasteiger partial charge in [0, 0.05) is 36.5 Å². The van der Waals surface area contributed by atoms with Gasteiger partial charge in [-0.1, -0.05) is 35.9 Å². The van der Waals surface area contributed by atoms with Crippen LogP contribution in [0.3, 0.4) is 0 Å². The number of nitrogens with zero attached hydrogens (tertiary/aromatic N) is 1. The van der Waals surface area contributed by atoms with Crippen LogP contribution in [-0.2, 0) is 32.1 Å². The van der Waals surface area contributed by atoms with Crippen LogP contribution in [0.15, 0.2) is 42.5 Å². The topological polar surface area (TPSA) is 134 Å². The van der Waals surface area contributed by atoms with Crippen molar-refractivity contribution in [3.8, 4) is 0 Å². The minimum absolute atomic E-state index is 0.0685. The normalized spacial score (nSPS) is 18.0. The van der Waals surface area contributed by atoms with Crippen molar-refractivity contribution in [1.82, 2.24) is 15.5 Å². The third-order valence-electron chi connectivity index (χ3n) is 7.62. The highest BCUT2D eigenvalue weighted by Gasteiger charge is 2.64. The summed E-state index contributed by atoms with van der Waals surface area (Å²) >= 11 is 6.06. The third-order valence-corrected chi connectivity index (χ3v) is 8.05. The number of carbonyl (C=O) groups is 4. The molecule has 5 N–H and O–H groups in total. The van der Waals surface area contributed by atoms with E-state index in [9.17, 15) is 32.3 Å². The Morgan fingerprint density at radius 2 is 1.79 bits per heavy atom. The SMILES string of the molecule is Cc1cc(NC(=O)[C@H](CCN)NC(=O)[C@@H]2Cc3ccccc3CN2C(=O)CCC(=O)NC2(C(F)(F)F)CC2)ccc1Cl. The van der Waals surface area contributed by atoms with Crippen LogP contribution >= 0.6 is 11.6 Å². The lowest BCUT2D eigenvalue weighted by molar-refractivity contribution is -0.170. The Balaban J connectivity index is 1.45. The first-order valence-corrected chi connectivity index (χ1v) is 14.0. The number of hydrogen-bond donors (Lipinski definition) is 4. The molecule has 0 radical (unpaired) electrons. The summed E-state index contributed by atoms with van der Waals surface area (Å²) < 4.78 is 39.7. The van der Waals surface area contributed by atoms with E-state index in [1.165, 1.54) is 4.90 Å². The van der Waals surface area contributed by atoms with E-state index in [1.54, 1.807) is 31.2 Å². The lowest BCUT2D eigenvalue weighted by Gasteiger charge is -2.37. The van der Waals surface area contributed by atoms with Crippen LogP contribution in [0, 0.1) is 6.92 Å². The maximum atomic E-state index is 13.6. The van der Waals surface area contributed by atoms with Crippen LogP contribution in [0.2, 0.25) is 5.02 Å². The summed E-state index contributed by atoms with van der Waals surface area (Å²) in [5.74, 6) is -2.53. The molecule has 0 saturated heterocycles. The average Bonchev–Trinajstić information content (AvgIpc) is 3.73. The van der Waals surface area contributed by atoms with Crippen molar-refractivity contribution in [1.29, 1.82) is 0 Å². The van der Waals surface area contributed by atoms with E-state index in [-0.39, 0.29) is 45.2 Å². The van der Waals surface area contributed by atoms with Crippen molar-refractivity contribution < 1.29 is 32.3 Å². The molecular formula is C29H33ClF3N5O4. The van der Waals surface area contributed by atoms with Gasteiger partial charge in [-0.2, -0.15) is 13.2 Å². The number of fused-ring (bicyclic) bond motifs is 1. The van der Waals surface area contributed by atoms with Crippen molar-refractivity contribution in [3.63, 3.8) is 0 Å². The van der Waals surface area contributed by atoms with Crippen molar-refractivity contribution >= 4 is 40.9 Å². The first-order valence-electron chi connectivity index (χ1n) is 13.6. The van der Waals surface area contributed by atoms with E-state index in [2.05, 4.69) is 10.6 Å². The summed E-state index contributed by atoms with van der Waals surface area (Å²) in [4.78, 5) is 53.5. The third kappa shape index (κ3) is 7.22. The van der Waals surface area contributed by atoms with Gasteiger partial charge in [0.05, 0.1) is 0 Å². The molecule has 1 heterocycles. The summed E-state index contributed by atoms with van der Waals surface area (Å²) in [6.45, 7) is 1.95. The number of alkyl halides is 3. The van der Waals surface area contributed by atoms with E-state index in [1.807, 2.05) is 23.5 Å². The first kappa shape index (κ1) is 31.3. The van der Waals surface area contributed by atoms with Crippen LogP contribution in [0.1, 0.15) is 48.8 Å². The van der Waals surface area contributed by atoms with Crippen molar-refractivity contribution in [2.24, 2.45) is 5.73 Å². The number of rotatable bonds is 10. The fraction of sp³-hybridized carbons (Fsp3) is 0.448. The second-order valence-electron chi connectivity index (χ2n) is 10.7. The molecule has 1 fully saturated rings. The monoisotopic (exact) mass is 607 g/mol. The highest BCUT2D eigenvalue weighted by molar-refractivity contribution is 6.31. The summed E-state index contributed by atoms with van der Waals surface area (Å²) in [6, 6.07) is 10.2. The average molecular weight is 608 g/mol. The maximum absolute atomic E-state index is 13.6. The largest absolute Gasteiger partial charge is 0.411 e. The van der Waals surface area contributed by atoms with Gasteiger partial charge in [-0.25, -0.2) is 0 Å². The molecule has 9 nitrogen and oxygen atoms in total. The molecule has 1 aliphatic carbocycles. The number of amides is 4. The van der Waals surface area contributed by atoms with Gasteiger partial charge in [0.25, 0.3) is 0 Å². The van der Waals surface area contributed by atoms with Gasteiger partial charge in [0.15, 0.2) is 0 Å². The summed E-state index contributed by atoms with van der Waals surface area (Å²) in [7, 11) is 0. The predicted octanol–water partition coefficient (Wildman–Crippen LogP) is 3.37. The highest BCUT2D eigenvalue weighted by atomic mass is 35.5. The second kappa shape index (κ2) is 12.7. The molecule has 2 atom stereocenters. The number of nitrogens with one attached hydrogen (secondary N) is 3. The molecule has 2 aromatic rings. The molecule has 226 valence electrons. The lowest BCUT2D eigenvalue weighted by Crippen LogP contribution is -2.56. The fourth-order valence-electron chi connectivity index (χ4n) is 4.97. The molecule has 0 spiro atoms. The van der Waals surface area contributed by atoms with Gasteiger partial charge < -0.3 is 26.6 Å². The van der Waals surface area contributed by atoms with Gasteiger partial charge in [0.2, 0.25) is 23.6 Å². The zero-order valence-electron chi connectivity index (χ0n) is 23.0. The predicted molar refractivity (Wildman–Crippen MR) is 150 cm³/mol. The molecule has 42 heavy (non-hydrogen) atoms. The summed E-state index contributed by atoms with van der Waals surface area (Å²) in [5, 5.41) is 8.01. The number of halogens is 4. The van der Waals surface area contributed by atoms with E-state index < -0.39 is 53.8 Å². The van der Waals surface area contributed by atoms with E-state index in [0.717, 1.165) is 16.7 Å². The quantitative estimate of drug-likeness (QED) is 0.329. The van der Waals surface area contributed by atoms with Crippen LogP contribution in [0.5, 0.6) is 0 Å². The molecule has 13 heteroatoms. The fourth-order valence-corrected chi connectivity index (χ4v) is 5.09. The van der Waals surface area contributed by atoms with Gasteiger partial charge in [-0.3, -0.25) is 19.2 Å². The highest BCUT2D eigenvalue weighted by Crippen LogP contribution is 2.49. The van der Waals surface area contributed by atoms with E-state index in [0.29, 0.717) is 10.7 Å². The standard InChI is InChI=1S/C29H33ClF3N5O4/c1-17-14-20(6-7-21(17)30)35-26(41)22(10-13-34)36-27(42)23-15-18-4-2-3-5-19(18)16-38(23)25(40)9-8-24(39)37-28(11-12-28)29(31,32)33/h2-7,14,22-23H,8-13,15-16,34H2,1H3,(H,35,41)(H,36,42)(H,37,39)/t22-,23-/m0/s1. The molecule has 2 aliphatic rings. The van der Waals surface area contributed by atoms with Gasteiger partial charge in [-0.05, 0) is 67.6 Å². The Morgan fingerprint density at radius 1 is 1.10 bits per heavy atom. The van der Waals surface area contributed by atoms with Gasteiger partial charge in [0.1, 0.15) is 17.6 Å². The van der Waals surface area contributed by atoms with Crippen LogP contribution < -0.4 is 21.7 Å². The molecule has 1 saturated carbocycles. The molecule has 0 aromatic heterocycles. The summed E-state index contributed by atoms with van der Waals surface area (Å²) in [6.07, 6.45) is -5.51. The number of anilines is 1. The number of hydrogen-bond acceptors (Lipinski definition) is 5. The van der Waals surface area contributed by atoms with Crippen molar-refractivity contribution in [2.75, 3.05) is 11.9 Å². The zero-order valence-corrected chi connectivity index (χ0v) is 23.8. The van der Waals surface area contributed by atoms with Crippen molar-refractivity contribution in [3.05, 3.63) is 64.2 Å². The number of aryl methyl sites for hydroxylation is 1. The smallest absolute Gasteiger partial charge is 0.342 e. The zero-order chi connectivity index (χ0) is 30.7. The molecule has 1 aliphatic heterocycles. The molecule has 4 rings (SSSR count). The van der Waals surface area contributed by atoms with E-state index >= 15 is 0 Å². The number of benzene rings is 2. The molecule has 2 aromatic carbocycles. The summed E-state index contributed by atoms with van der Waals surface area (Å²) in [5.41, 5.74) is 6.39. The Labute approximate surface area is 246 Å². The Morgan fingerprint density at radius 3 is 2.40 bits per heavy atom. The second-order valence-corrected chi connectivity index (χ2v) is 11.1. The van der Waals surface area contributed by atoms with Crippen LogP contribution in [0.25, 0.3) is 0 Å². The lowest BCUT2D eigenvalue weighted by atomic mass is 9.92. The van der Waals surface area contributed by atoms with Gasteiger partial charge in [-0.15, -0.1) is 0 Å². The molecule has 4 amide bonds. The molecule has 0 bridgehead atoms. The van der Waals surface area contributed by atoms with Gasteiger partial charge >= 0.3 is 6.18 Å². The Kier molecular flexibility index (Phi) is 9.47. The minimum Gasteiger partial charge on any atom is -0.342 e. The number of nitrogens with two attached hydrogens (primary N) is 1.